The standard InChI is InChI=1S/C19H28N4O2.HI/c1-2-25-19(24)23-17(14-10-11-14)12-21-18(20)22-16-9-5-7-13-6-3-4-8-15(13)16;/h5,7,9,14,17H,2-4,6,8,10-12H2,1H3,(H,23,24)(H3,20,21,22);1H. The van der Waals surface area contributed by atoms with Crippen LogP contribution in [0.15, 0.2) is 23.2 Å². The average Bonchev–Trinajstić information content (AvgIpc) is 3.44. The molecule has 0 aromatic heterocycles. The number of carbonyl (C=O) groups excluding carboxylic acids is 1. The van der Waals surface area contributed by atoms with E-state index in [2.05, 4.69) is 33.8 Å². The summed E-state index contributed by atoms with van der Waals surface area (Å²) in [6, 6.07) is 6.31. The lowest BCUT2D eigenvalue weighted by Crippen LogP contribution is -2.40. The molecule has 1 unspecified atom stereocenters. The van der Waals surface area contributed by atoms with Gasteiger partial charge in [0, 0.05) is 5.69 Å². The lowest BCUT2D eigenvalue weighted by atomic mass is 9.90. The summed E-state index contributed by atoms with van der Waals surface area (Å²) in [5, 5.41) is 6.14. The number of carbonyl (C=O) groups is 1. The molecule has 1 amide bonds. The Morgan fingerprint density at radius 2 is 2.12 bits per heavy atom. The minimum Gasteiger partial charge on any atom is -0.450 e. The molecule has 0 spiro atoms. The fourth-order valence-corrected chi connectivity index (χ4v) is 3.41. The summed E-state index contributed by atoms with van der Waals surface area (Å²) in [5.41, 5.74) is 9.91. The van der Waals surface area contributed by atoms with E-state index >= 15 is 0 Å². The largest absolute Gasteiger partial charge is 0.450 e. The maximum Gasteiger partial charge on any atom is 0.407 e. The number of nitrogens with two attached hydrogens (primary N) is 1. The SMILES string of the molecule is CCOC(=O)NC(CN=C(N)Nc1cccc2c1CCCC2)C1CC1.I. The Bertz CT molecular complexity index is 646. The number of nitrogens with zero attached hydrogens (tertiary/aromatic N) is 1. The molecule has 6 nitrogen and oxygen atoms in total. The molecule has 0 radical (unpaired) electrons. The van der Waals surface area contributed by atoms with Crippen molar-refractivity contribution in [1.82, 2.24) is 5.32 Å². The highest BCUT2D eigenvalue weighted by Gasteiger charge is 2.32. The Kier molecular flexibility index (Phi) is 7.99. The van der Waals surface area contributed by atoms with Crippen molar-refractivity contribution in [3.05, 3.63) is 29.3 Å². The predicted molar refractivity (Wildman–Crippen MR) is 115 cm³/mol. The molecule has 1 aromatic rings. The van der Waals surface area contributed by atoms with Crippen LogP contribution in [0.3, 0.4) is 0 Å². The average molecular weight is 472 g/mol. The predicted octanol–water partition coefficient (Wildman–Crippen LogP) is 3.43. The number of hydrogen-bond donors (Lipinski definition) is 3. The molecule has 1 aromatic carbocycles. The molecule has 7 heteroatoms. The van der Waals surface area contributed by atoms with Gasteiger partial charge in [-0.1, -0.05) is 12.1 Å². The van der Waals surface area contributed by atoms with E-state index in [1.54, 1.807) is 6.92 Å². The van der Waals surface area contributed by atoms with Crippen LogP contribution in [0.2, 0.25) is 0 Å². The number of ether oxygens (including phenoxy) is 1. The van der Waals surface area contributed by atoms with Crippen LogP contribution < -0.4 is 16.4 Å². The van der Waals surface area contributed by atoms with Crippen molar-refractivity contribution in [2.24, 2.45) is 16.6 Å². The van der Waals surface area contributed by atoms with Crippen molar-refractivity contribution in [2.75, 3.05) is 18.5 Å². The number of alkyl carbamates (subject to hydrolysis) is 1. The highest BCUT2D eigenvalue weighted by Crippen LogP contribution is 2.33. The van der Waals surface area contributed by atoms with Gasteiger partial charge in [0.1, 0.15) is 0 Å². The lowest BCUT2D eigenvalue weighted by molar-refractivity contribution is 0.147. The first-order chi connectivity index (χ1) is 12.2. The molecular weight excluding hydrogens is 443 g/mol. The molecule has 1 saturated carbocycles. The summed E-state index contributed by atoms with van der Waals surface area (Å²) < 4.78 is 4.97. The van der Waals surface area contributed by atoms with Crippen molar-refractivity contribution in [3.63, 3.8) is 0 Å². The Hall–Kier alpha value is -1.51. The van der Waals surface area contributed by atoms with Crippen molar-refractivity contribution in [1.29, 1.82) is 0 Å². The second-order valence-electron chi connectivity index (χ2n) is 6.81. The molecule has 26 heavy (non-hydrogen) atoms. The minimum absolute atomic E-state index is 0. The molecule has 4 N–H and O–H groups in total. The number of nitrogens with one attached hydrogen (secondary N) is 2. The summed E-state index contributed by atoms with van der Waals surface area (Å²) in [4.78, 5) is 16.1. The number of halogens is 1. The second-order valence-corrected chi connectivity index (χ2v) is 6.81. The van der Waals surface area contributed by atoms with Crippen LogP contribution in [0.1, 0.15) is 43.7 Å². The molecular formula is C19H29IN4O2. The highest BCUT2D eigenvalue weighted by molar-refractivity contribution is 14.0. The van der Waals surface area contributed by atoms with Gasteiger partial charge in [0.25, 0.3) is 0 Å². The Labute approximate surface area is 172 Å². The van der Waals surface area contributed by atoms with E-state index in [1.807, 2.05) is 0 Å². The number of aliphatic imine (C=N–C) groups is 1. The second kappa shape index (κ2) is 9.99. The Morgan fingerprint density at radius 3 is 2.85 bits per heavy atom. The van der Waals surface area contributed by atoms with Crippen LogP contribution in [0.5, 0.6) is 0 Å². The molecule has 0 aliphatic heterocycles. The Balaban J connectivity index is 0.00000243. The normalized spacial score (nSPS) is 17.5. The number of aryl methyl sites for hydroxylation is 1. The summed E-state index contributed by atoms with van der Waals surface area (Å²) in [6.45, 7) is 2.64. The van der Waals surface area contributed by atoms with E-state index in [4.69, 9.17) is 10.5 Å². The van der Waals surface area contributed by atoms with E-state index in [1.165, 1.54) is 24.0 Å². The minimum atomic E-state index is -0.377. The lowest BCUT2D eigenvalue weighted by Gasteiger charge is -2.20. The van der Waals surface area contributed by atoms with Crippen molar-refractivity contribution in [3.8, 4) is 0 Å². The summed E-state index contributed by atoms with van der Waals surface area (Å²) in [6.07, 6.45) is 6.55. The van der Waals surface area contributed by atoms with Gasteiger partial charge in [-0.15, -0.1) is 24.0 Å². The van der Waals surface area contributed by atoms with Crippen molar-refractivity contribution >= 4 is 41.7 Å². The molecule has 0 bridgehead atoms. The van der Waals surface area contributed by atoms with Crippen LogP contribution in [-0.2, 0) is 17.6 Å². The molecule has 0 saturated heterocycles. The first kappa shape index (κ1) is 20.8. The number of rotatable bonds is 6. The molecule has 1 atom stereocenters. The quantitative estimate of drug-likeness (QED) is 0.336. The van der Waals surface area contributed by atoms with Crippen LogP contribution in [-0.4, -0.2) is 31.2 Å². The third kappa shape index (κ3) is 5.75. The molecule has 3 rings (SSSR count). The highest BCUT2D eigenvalue weighted by atomic mass is 127. The van der Waals surface area contributed by atoms with Crippen molar-refractivity contribution < 1.29 is 9.53 Å². The molecule has 0 heterocycles. The fraction of sp³-hybridized carbons (Fsp3) is 0.579. The molecule has 2 aliphatic rings. The van der Waals surface area contributed by atoms with Gasteiger partial charge < -0.3 is 21.1 Å². The zero-order chi connectivity index (χ0) is 17.6. The fourth-order valence-electron chi connectivity index (χ4n) is 3.41. The maximum atomic E-state index is 11.7. The maximum absolute atomic E-state index is 11.7. The number of amides is 1. The summed E-state index contributed by atoms with van der Waals surface area (Å²) >= 11 is 0. The van der Waals surface area contributed by atoms with Crippen LogP contribution in [0.4, 0.5) is 10.5 Å². The first-order valence-corrected chi connectivity index (χ1v) is 9.28. The molecule has 1 fully saturated rings. The third-order valence-corrected chi connectivity index (χ3v) is 4.89. The van der Waals surface area contributed by atoms with Crippen LogP contribution >= 0.6 is 24.0 Å². The van der Waals surface area contributed by atoms with E-state index in [9.17, 15) is 4.79 Å². The summed E-state index contributed by atoms with van der Waals surface area (Å²) in [5.74, 6) is 0.876. The van der Waals surface area contributed by atoms with E-state index in [0.717, 1.165) is 31.4 Å². The number of hydrogen-bond acceptors (Lipinski definition) is 3. The van der Waals surface area contributed by atoms with E-state index in [0.29, 0.717) is 25.0 Å². The smallest absolute Gasteiger partial charge is 0.407 e. The zero-order valence-electron chi connectivity index (χ0n) is 15.3. The van der Waals surface area contributed by atoms with E-state index < -0.39 is 0 Å². The first-order valence-electron chi connectivity index (χ1n) is 9.28. The van der Waals surface area contributed by atoms with E-state index in [-0.39, 0.29) is 36.1 Å². The number of guanidine groups is 1. The number of benzene rings is 1. The van der Waals surface area contributed by atoms with Crippen molar-refractivity contribution in [2.45, 2.75) is 51.5 Å². The van der Waals surface area contributed by atoms with Gasteiger partial charge in [0.2, 0.25) is 0 Å². The molecule has 144 valence electrons. The van der Waals surface area contributed by atoms with Gasteiger partial charge in [-0.25, -0.2) is 4.79 Å². The molecule has 2 aliphatic carbocycles. The number of fused-ring (bicyclic) bond motifs is 1. The van der Waals surface area contributed by atoms with Gasteiger partial charge in [-0.2, -0.15) is 0 Å². The number of anilines is 1. The van der Waals surface area contributed by atoms with Gasteiger partial charge >= 0.3 is 6.09 Å². The van der Waals surface area contributed by atoms with Crippen LogP contribution in [0.25, 0.3) is 0 Å². The summed E-state index contributed by atoms with van der Waals surface area (Å²) in [7, 11) is 0. The van der Waals surface area contributed by atoms with Gasteiger partial charge in [0.15, 0.2) is 5.96 Å². The zero-order valence-corrected chi connectivity index (χ0v) is 17.6. The Morgan fingerprint density at radius 1 is 1.35 bits per heavy atom. The van der Waals surface area contributed by atoms with Gasteiger partial charge in [-0.3, -0.25) is 4.99 Å². The topological polar surface area (TPSA) is 88.7 Å². The van der Waals surface area contributed by atoms with Gasteiger partial charge in [0.05, 0.1) is 19.2 Å². The third-order valence-electron chi connectivity index (χ3n) is 4.89. The monoisotopic (exact) mass is 472 g/mol. The van der Waals surface area contributed by atoms with Crippen LogP contribution in [0, 0.1) is 5.92 Å². The van der Waals surface area contributed by atoms with Gasteiger partial charge in [-0.05, 0) is 68.6 Å².